The zero-order valence-electron chi connectivity index (χ0n) is 11.1. The Bertz CT molecular complexity index is 602. The van der Waals surface area contributed by atoms with Crippen LogP contribution >= 0.6 is 15.9 Å². The number of carboxylic acids is 1. The van der Waals surface area contributed by atoms with Gasteiger partial charge in [-0.3, -0.25) is 4.98 Å². The van der Waals surface area contributed by atoms with Gasteiger partial charge in [0.2, 0.25) is 0 Å². The van der Waals surface area contributed by atoms with E-state index in [1.54, 1.807) is 12.3 Å². The monoisotopic (exact) mass is 334 g/mol. The number of likely N-dealkylation sites (N-methyl/N-ethyl adjacent to an activating group) is 1. The Kier molecular flexibility index (Phi) is 4.74. The highest BCUT2D eigenvalue weighted by Gasteiger charge is 2.10. The second-order valence-electron chi connectivity index (χ2n) is 4.46. The number of hydrogen-bond acceptors (Lipinski definition) is 3. The fourth-order valence-corrected chi connectivity index (χ4v) is 2.41. The summed E-state index contributed by atoms with van der Waals surface area (Å²) >= 11 is 3.29. The molecule has 20 heavy (non-hydrogen) atoms. The number of nitrogens with zero attached hydrogens (tertiary/aromatic N) is 2. The van der Waals surface area contributed by atoms with Crippen molar-refractivity contribution < 1.29 is 9.90 Å². The van der Waals surface area contributed by atoms with E-state index in [1.807, 2.05) is 37.4 Å². The first kappa shape index (κ1) is 14.5. The minimum Gasteiger partial charge on any atom is -0.478 e. The summed E-state index contributed by atoms with van der Waals surface area (Å²) in [5.74, 6) is -0.931. The van der Waals surface area contributed by atoms with Gasteiger partial charge in [-0.05, 0) is 46.3 Å². The molecule has 5 heteroatoms. The number of aromatic carboxylic acids is 1. The van der Waals surface area contributed by atoms with Gasteiger partial charge in [0.25, 0.3) is 0 Å². The number of halogens is 1. The molecule has 0 spiro atoms. The molecule has 4 nitrogen and oxygen atoms in total. The average Bonchev–Trinajstić information content (AvgIpc) is 2.45. The van der Waals surface area contributed by atoms with Crippen molar-refractivity contribution in [2.75, 3.05) is 18.5 Å². The molecule has 0 amide bonds. The maximum Gasteiger partial charge on any atom is 0.336 e. The summed E-state index contributed by atoms with van der Waals surface area (Å²) in [7, 11) is 1.98. The molecular weight excluding hydrogens is 320 g/mol. The number of aromatic nitrogens is 1. The van der Waals surface area contributed by atoms with Crippen LogP contribution in [0.4, 0.5) is 5.69 Å². The Hall–Kier alpha value is -1.88. The molecule has 104 valence electrons. The van der Waals surface area contributed by atoms with Crippen LogP contribution in [0.1, 0.15) is 16.1 Å². The number of benzene rings is 1. The highest BCUT2D eigenvalue weighted by Crippen LogP contribution is 2.23. The molecule has 1 aromatic carbocycles. The average molecular weight is 335 g/mol. The quantitative estimate of drug-likeness (QED) is 0.912. The van der Waals surface area contributed by atoms with E-state index in [2.05, 4.69) is 25.8 Å². The largest absolute Gasteiger partial charge is 0.478 e. The van der Waals surface area contributed by atoms with Crippen molar-refractivity contribution in [2.24, 2.45) is 0 Å². The lowest BCUT2D eigenvalue weighted by molar-refractivity contribution is 0.0696. The second-order valence-corrected chi connectivity index (χ2v) is 5.32. The first-order chi connectivity index (χ1) is 9.58. The summed E-state index contributed by atoms with van der Waals surface area (Å²) in [4.78, 5) is 17.3. The van der Waals surface area contributed by atoms with Crippen LogP contribution in [0.15, 0.2) is 47.1 Å². The third kappa shape index (κ3) is 3.57. The van der Waals surface area contributed by atoms with Gasteiger partial charge in [0.05, 0.1) is 5.56 Å². The number of pyridine rings is 1. The fraction of sp³-hybridized carbons (Fsp3) is 0.200. The smallest absolute Gasteiger partial charge is 0.336 e. The van der Waals surface area contributed by atoms with Gasteiger partial charge in [-0.1, -0.05) is 6.07 Å². The molecule has 0 saturated carbocycles. The Morgan fingerprint density at radius 2 is 2.15 bits per heavy atom. The summed E-state index contributed by atoms with van der Waals surface area (Å²) in [5.41, 5.74) is 2.28. The van der Waals surface area contributed by atoms with Crippen LogP contribution < -0.4 is 4.90 Å². The van der Waals surface area contributed by atoms with Crippen molar-refractivity contribution in [3.05, 3.63) is 58.3 Å². The number of carboxylic acid groups (broad SMARTS) is 1. The first-order valence-electron chi connectivity index (χ1n) is 6.22. The molecule has 0 bridgehead atoms. The molecule has 0 unspecified atom stereocenters. The predicted molar refractivity (Wildman–Crippen MR) is 82.3 cm³/mol. The number of rotatable bonds is 5. The molecule has 0 saturated heterocycles. The number of anilines is 1. The molecule has 1 aromatic heterocycles. The summed E-state index contributed by atoms with van der Waals surface area (Å²) in [6, 6.07) is 11.1. The predicted octanol–water partition coefficient (Wildman–Crippen LogP) is 3.22. The van der Waals surface area contributed by atoms with Crippen molar-refractivity contribution in [3.63, 3.8) is 0 Å². The van der Waals surface area contributed by atoms with Gasteiger partial charge in [0.15, 0.2) is 0 Å². The van der Waals surface area contributed by atoms with Gasteiger partial charge < -0.3 is 10.0 Å². The maximum atomic E-state index is 11.0. The van der Waals surface area contributed by atoms with Gasteiger partial charge in [-0.2, -0.15) is 0 Å². The third-order valence-corrected chi connectivity index (χ3v) is 3.71. The molecule has 0 atom stereocenters. The van der Waals surface area contributed by atoms with E-state index in [0.29, 0.717) is 4.47 Å². The van der Waals surface area contributed by atoms with E-state index in [4.69, 9.17) is 5.11 Å². The lowest BCUT2D eigenvalue weighted by Crippen LogP contribution is -2.20. The van der Waals surface area contributed by atoms with Crippen LogP contribution in [-0.4, -0.2) is 29.7 Å². The normalized spacial score (nSPS) is 10.3. The second kappa shape index (κ2) is 6.52. The lowest BCUT2D eigenvalue weighted by Gasteiger charge is -2.19. The van der Waals surface area contributed by atoms with Crippen molar-refractivity contribution in [1.29, 1.82) is 0 Å². The maximum absolute atomic E-state index is 11.0. The Labute approximate surface area is 126 Å². The summed E-state index contributed by atoms with van der Waals surface area (Å²) < 4.78 is 0.590. The standard InChI is InChI=1S/C15H15BrN2O2/c1-18(9-7-11-4-2-3-8-17-11)12-5-6-13(15(19)20)14(16)10-12/h2-6,8,10H,7,9H2,1H3,(H,19,20). The van der Waals surface area contributed by atoms with Crippen molar-refractivity contribution >= 4 is 27.6 Å². The van der Waals surface area contributed by atoms with E-state index in [1.165, 1.54) is 0 Å². The minimum atomic E-state index is -0.931. The van der Waals surface area contributed by atoms with E-state index in [0.717, 1.165) is 24.3 Å². The van der Waals surface area contributed by atoms with Crippen LogP contribution in [0.3, 0.4) is 0 Å². The van der Waals surface area contributed by atoms with E-state index in [-0.39, 0.29) is 5.56 Å². The van der Waals surface area contributed by atoms with Crippen LogP contribution in [0.2, 0.25) is 0 Å². The summed E-state index contributed by atoms with van der Waals surface area (Å²) in [6.07, 6.45) is 2.63. The zero-order valence-corrected chi connectivity index (χ0v) is 12.7. The fourth-order valence-electron chi connectivity index (χ4n) is 1.87. The van der Waals surface area contributed by atoms with Crippen LogP contribution in [0.25, 0.3) is 0 Å². The molecule has 0 aliphatic carbocycles. The molecule has 1 N–H and O–H groups in total. The van der Waals surface area contributed by atoms with E-state index < -0.39 is 5.97 Å². The molecule has 0 aliphatic rings. The van der Waals surface area contributed by atoms with E-state index in [9.17, 15) is 4.79 Å². The lowest BCUT2D eigenvalue weighted by atomic mass is 10.2. The highest BCUT2D eigenvalue weighted by molar-refractivity contribution is 9.10. The number of carbonyl (C=O) groups is 1. The van der Waals surface area contributed by atoms with Crippen molar-refractivity contribution in [2.45, 2.75) is 6.42 Å². The Morgan fingerprint density at radius 1 is 1.35 bits per heavy atom. The van der Waals surface area contributed by atoms with Crippen molar-refractivity contribution in [1.82, 2.24) is 4.98 Å². The minimum absolute atomic E-state index is 0.270. The summed E-state index contributed by atoms with van der Waals surface area (Å²) in [6.45, 7) is 0.815. The zero-order chi connectivity index (χ0) is 14.5. The molecule has 0 radical (unpaired) electrons. The topological polar surface area (TPSA) is 53.4 Å². The molecule has 1 heterocycles. The van der Waals surface area contributed by atoms with Crippen LogP contribution in [0.5, 0.6) is 0 Å². The molecule has 2 aromatic rings. The van der Waals surface area contributed by atoms with Gasteiger partial charge in [0, 0.05) is 42.1 Å². The van der Waals surface area contributed by atoms with Gasteiger partial charge in [-0.15, -0.1) is 0 Å². The third-order valence-electron chi connectivity index (χ3n) is 3.05. The Balaban J connectivity index is 2.04. The van der Waals surface area contributed by atoms with E-state index >= 15 is 0 Å². The number of hydrogen-bond donors (Lipinski definition) is 1. The molecule has 0 aliphatic heterocycles. The molecule has 2 rings (SSSR count). The SMILES string of the molecule is CN(CCc1ccccn1)c1ccc(C(=O)O)c(Br)c1. The highest BCUT2D eigenvalue weighted by atomic mass is 79.9. The van der Waals surface area contributed by atoms with Crippen LogP contribution in [-0.2, 0) is 6.42 Å². The van der Waals surface area contributed by atoms with Gasteiger partial charge in [0.1, 0.15) is 0 Å². The van der Waals surface area contributed by atoms with Crippen molar-refractivity contribution in [3.8, 4) is 0 Å². The first-order valence-corrected chi connectivity index (χ1v) is 7.01. The van der Waals surface area contributed by atoms with Crippen LogP contribution in [0, 0.1) is 0 Å². The van der Waals surface area contributed by atoms with Gasteiger partial charge >= 0.3 is 5.97 Å². The molecular formula is C15H15BrN2O2. The summed E-state index contributed by atoms with van der Waals surface area (Å²) in [5, 5.41) is 9.00. The Morgan fingerprint density at radius 3 is 2.75 bits per heavy atom. The van der Waals surface area contributed by atoms with Gasteiger partial charge in [-0.25, -0.2) is 4.79 Å². The molecule has 0 fully saturated rings.